The van der Waals surface area contributed by atoms with Crippen molar-refractivity contribution in [2.75, 3.05) is 11.1 Å². The monoisotopic (exact) mass is 290 g/mol. The lowest BCUT2D eigenvalue weighted by Gasteiger charge is -2.11. The first-order valence-corrected chi connectivity index (χ1v) is 7.31. The lowest BCUT2D eigenvalue weighted by molar-refractivity contribution is -0.115. The molecule has 0 radical (unpaired) electrons. The third-order valence-electron chi connectivity index (χ3n) is 2.99. The second kappa shape index (κ2) is 6.47. The van der Waals surface area contributed by atoms with Gasteiger partial charge in [0.25, 0.3) is 0 Å². The third-order valence-corrected chi connectivity index (χ3v) is 4.09. The number of hydrogen-bond acceptors (Lipinski definition) is 4. The van der Waals surface area contributed by atoms with E-state index < -0.39 is 0 Å². The third kappa shape index (κ3) is 3.54. The zero-order valence-electron chi connectivity index (χ0n) is 11.6. The van der Waals surface area contributed by atoms with E-state index in [0.29, 0.717) is 6.54 Å². The average molecular weight is 290 g/mol. The number of aryl methyl sites for hydroxylation is 2. The first-order valence-electron chi connectivity index (χ1n) is 6.32. The van der Waals surface area contributed by atoms with Gasteiger partial charge in [0.1, 0.15) is 0 Å². The highest BCUT2D eigenvalue weighted by Gasteiger charge is 2.08. The summed E-state index contributed by atoms with van der Waals surface area (Å²) in [6, 6.07) is 7.88. The molecule has 0 aliphatic rings. The van der Waals surface area contributed by atoms with Crippen LogP contribution in [0.5, 0.6) is 0 Å². The normalized spacial score (nSPS) is 10.5. The Labute approximate surface area is 122 Å². The molecule has 0 atom stereocenters. The molecule has 5 nitrogen and oxygen atoms in total. The number of thioether (sulfide) groups is 1. The van der Waals surface area contributed by atoms with Gasteiger partial charge < -0.3 is 11.1 Å². The molecule has 0 saturated carbocycles. The molecule has 2 rings (SSSR count). The summed E-state index contributed by atoms with van der Waals surface area (Å²) in [5.41, 5.74) is 9.42. The minimum atomic E-state index is -0.314. The molecule has 4 N–H and O–H groups in total. The van der Waals surface area contributed by atoms with E-state index >= 15 is 0 Å². The first kappa shape index (κ1) is 14.5. The number of para-hydroxylation sites is 1. The second-order valence-electron chi connectivity index (χ2n) is 4.52. The molecule has 6 heteroatoms. The maximum atomic E-state index is 10.9. The second-order valence-corrected chi connectivity index (χ2v) is 5.53. The number of amides is 1. The van der Waals surface area contributed by atoms with Crippen molar-refractivity contribution >= 4 is 23.4 Å². The van der Waals surface area contributed by atoms with Crippen molar-refractivity contribution in [1.29, 1.82) is 0 Å². The van der Waals surface area contributed by atoms with Crippen molar-refractivity contribution in [3.8, 4) is 0 Å². The molecule has 0 saturated heterocycles. The van der Waals surface area contributed by atoms with Crippen LogP contribution in [0.2, 0.25) is 0 Å². The van der Waals surface area contributed by atoms with Crippen LogP contribution in [-0.4, -0.2) is 21.9 Å². The molecule has 1 aromatic heterocycles. The van der Waals surface area contributed by atoms with Crippen molar-refractivity contribution in [2.24, 2.45) is 5.73 Å². The minimum absolute atomic E-state index is 0.280. The van der Waals surface area contributed by atoms with Crippen molar-refractivity contribution in [3.63, 3.8) is 0 Å². The Kier molecular flexibility index (Phi) is 4.68. The van der Waals surface area contributed by atoms with E-state index in [1.807, 2.05) is 38.1 Å². The molecule has 106 valence electrons. The largest absolute Gasteiger partial charge is 0.380 e. The number of hydrogen-bond donors (Lipinski definition) is 3. The summed E-state index contributed by atoms with van der Waals surface area (Å²) < 4.78 is 0. The number of carbonyl (C=O) groups excluding carboxylic acids is 1. The summed E-state index contributed by atoms with van der Waals surface area (Å²) in [4.78, 5) is 11.9. The van der Waals surface area contributed by atoms with Gasteiger partial charge in [0, 0.05) is 28.4 Å². The lowest BCUT2D eigenvalue weighted by atomic mass is 10.2. The lowest BCUT2D eigenvalue weighted by Crippen LogP contribution is -2.13. The van der Waals surface area contributed by atoms with Gasteiger partial charge in [-0.2, -0.15) is 5.10 Å². The molecule has 20 heavy (non-hydrogen) atoms. The molecule has 0 bridgehead atoms. The zero-order chi connectivity index (χ0) is 14.5. The van der Waals surface area contributed by atoms with Crippen LogP contribution < -0.4 is 11.1 Å². The highest BCUT2D eigenvalue weighted by molar-refractivity contribution is 8.00. The molecule has 0 unspecified atom stereocenters. The van der Waals surface area contributed by atoms with Gasteiger partial charge in [-0.05, 0) is 26.0 Å². The fourth-order valence-corrected chi connectivity index (χ4v) is 2.67. The molecule has 0 fully saturated rings. The smallest absolute Gasteiger partial charge is 0.227 e. The van der Waals surface area contributed by atoms with Gasteiger partial charge >= 0.3 is 0 Å². The topological polar surface area (TPSA) is 83.8 Å². The maximum absolute atomic E-state index is 10.9. The molecule has 2 aromatic rings. The molecule has 1 heterocycles. The standard InChI is InChI=1S/C14H18N4OS/c1-9-11(10(2)18-17-9)7-16-12-5-3-4-6-13(12)20-8-14(15)19/h3-6,16H,7-8H2,1-2H3,(H2,15,19)(H,17,18). The number of anilines is 1. The van der Waals surface area contributed by atoms with Gasteiger partial charge in [0.05, 0.1) is 11.4 Å². The Morgan fingerprint density at radius 2 is 2.15 bits per heavy atom. The minimum Gasteiger partial charge on any atom is -0.380 e. The van der Waals surface area contributed by atoms with Crippen LogP contribution in [0, 0.1) is 13.8 Å². The van der Waals surface area contributed by atoms with Crippen LogP contribution in [0.3, 0.4) is 0 Å². The highest BCUT2D eigenvalue weighted by atomic mass is 32.2. The van der Waals surface area contributed by atoms with Crippen LogP contribution in [0.4, 0.5) is 5.69 Å². The van der Waals surface area contributed by atoms with Gasteiger partial charge in [-0.25, -0.2) is 0 Å². The number of primary amides is 1. The van der Waals surface area contributed by atoms with Crippen molar-refractivity contribution in [1.82, 2.24) is 10.2 Å². The Bertz CT molecular complexity index is 589. The maximum Gasteiger partial charge on any atom is 0.227 e. The van der Waals surface area contributed by atoms with Crippen LogP contribution >= 0.6 is 11.8 Å². The summed E-state index contributed by atoms with van der Waals surface area (Å²) >= 11 is 1.44. The number of aromatic nitrogens is 2. The summed E-state index contributed by atoms with van der Waals surface area (Å²) in [5, 5.41) is 10.5. The summed E-state index contributed by atoms with van der Waals surface area (Å²) in [7, 11) is 0. The van der Waals surface area contributed by atoms with Crippen molar-refractivity contribution < 1.29 is 4.79 Å². The van der Waals surface area contributed by atoms with Crippen molar-refractivity contribution in [2.45, 2.75) is 25.3 Å². The van der Waals surface area contributed by atoms with Gasteiger partial charge in [-0.15, -0.1) is 11.8 Å². The molecular weight excluding hydrogens is 272 g/mol. The number of H-pyrrole nitrogens is 1. The summed E-state index contributed by atoms with van der Waals surface area (Å²) in [6.07, 6.45) is 0. The van der Waals surface area contributed by atoms with E-state index in [2.05, 4.69) is 15.5 Å². The number of benzene rings is 1. The summed E-state index contributed by atoms with van der Waals surface area (Å²) in [6.45, 7) is 4.68. The van der Waals surface area contributed by atoms with E-state index in [1.54, 1.807) is 0 Å². The molecule has 0 spiro atoms. The number of nitrogens with two attached hydrogens (primary N) is 1. The predicted octanol–water partition coefficient (Wildman–Crippen LogP) is 2.22. The Balaban J connectivity index is 2.07. The first-order chi connectivity index (χ1) is 9.58. The fraction of sp³-hybridized carbons (Fsp3) is 0.286. The van der Waals surface area contributed by atoms with Crippen molar-refractivity contribution in [3.05, 3.63) is 41.2 Å². The van der Waals surface area contributed by atoms with E-state index in [1.165, 1.54) is 17.3 Å². The fourth-order valence-electron chi connectivity index (χ4n) is 1.91. The SMILES string of the molecule is Cc1n[nH]c(C)c1CNc1ccccc1SCC(N)=O. The number of nitrogens with zero attached hydrogens (tertiary/aromatic N) is 1. The Morgan fingerprint density at radius 1 is 1.40 bits per heavy atom. The van der Waals surface area contributed by atoms with Gasteiger partial charge in [-0.1, -0.05) is 12.1 Å². The van der Waals surface area contributed by atoms with Crippen LogP contribution in [0.25, 0.3) is 0 Å². The van der Waals surface area contributed by atoms with E-state index in [0.717, 1.165) is 22.0 Å². The average Bonchev–Trinajstić information content (AvgIpc) is 2.74. The number of nitrogens with one attached hydrogen (secondary N) is 2. The van der Waals surface area contributed by atoms with Crippen LogP contribution in [0.15, 0.2) is 29.2 Å². The molecule has 1 amide bonds. The van der Waals surface area contributed by atoms with E-state index in [9.17, 15) is 4.79 Å². The molecule has 0 aliphatic carbocycles. The number of aromatic amines is 1. The highest BCUT2D eigenvalue weighted by Crippen LogP contribution is 2.27. The zero-order valence-corrected chi connectivity index (χ0v) is 12.4. The molecule has 1 aromatic carbocycles. The number of rotatable bonds is 6. The van der Waals surface area contributed by atoms with Gasteiger partial charge in [0.15, 0.2) is 0 Å². The predicted molar refractivity (Wildman–Crippen MR) is 81.7 cm³/mol. The summed E-state index contributed by atoms with van der Waals surface area (Å²) in [5.74, 6) is -0.0334. The quantitative estimate of drug-likeness (QED) is 0.712. The van der Waals surface area contributed by atoms with Crippen LogP contribution in [-0.2, 0) is 11.3 Å². The molecule has 0 aliphatic heterocycles. The Hall–Kier alpha value is -1.95. The van der Waals surface area contributed by atoms with E-state index in [4.69, 9.17) is 5.73 Å². The number of carbonyl (C=O) groups is 1. The molecular formula is C14H18N4OS. The Morgan fingerprint density at radius 3 is 2.80 bits per heavy atom. The van der Waals surface area contributed by atoms with E-state index in [-0.39, 0.29) is 11.7 Å². The van der Waals surface area contributed by atoms with Gasteiger partial charge in [-0.3, -0.25) is 9.89 Å². The van der Waals surface area contributed by atoms with Crippen LogP contribution in [0.1, 0.15) is 17.0 Å². The van der Waals surface area contributed by atoms with Gasteiger partial charge in [0.2, 0.25) is 5.91 Å².